The number of anilines is 1. The number of imide groups is 1. The Kier molecular flexibility index (Phi) is 5.26. The van der Waals surface area contributed by atoms with Crippen LogP contribution in [0.1, 0.15) is 36.2 Å². The van der Waals surface area contributed by atoms with E-state index in [2.05, 4.69) is 10.6 Å². The Morgan fingerprint density at radius 1 is 1.04 bits per heavy atom. The molecule has 7 nitrogen and oxygen atoms in total. The van der Waals surface area contributed by atoms with Crippen molar-refractivity contribution < 1.29 is 19.2 Å². The maximum Gasteiger partial charge on any atom is 0.325 e. The molecule has 144 valence electrons. The zero-order chi connectivity index (χ0) is 20.3. The molecule has 2 aromatic rings. The van der Waals surface area contributed by atoms with Crippen molar-refractivity contribution >= 4 is 29.3 Å². The highest BCUT2D eigenvalue weighted by Crippen LogP contribution is 2.32. The molecule has 0 radical (unpaired) electrons. The molecule has 0 spiro atoms. The molecule has 1 atom stereocenters. The van der Waals surface area contributed by atoms with Crippen LogP contribution in [0.5, 0.6) is 0 Å². The largest absolute Gasteiger partial charge is 0.325 e. The van der Waals surface area contributed by atoms with Crippen LogP contribution >= 0.6 is 0 Å². The third-order valence-electron chi connectivity index (χ3n) is 4.85. The highest BCUT2D eigenvalue weighted by Gasteiger charge is 2.51. The summed E-state index contributed by atoms with van der Waals surface area (Å²) < 4.78 is 0. The Labute approximate surface area is 162 Å². The van der Waals surface area contributed by atoms with Gasteiger partial charge in [0.1, 0.15) is 12.1 Å². The minimum atomic E-state index is -1.16. The van der Waals surface area contributed by atoms with Crippen molar-refractivity contribution in [3.63, 3.8) is 0 Å². The van der Waals surface area contributed by atoms with Crippen molar-refractivity contribution in [2.24, 2.45) is 0 Å². The van der Waals surface area contributed by atoms with E-state index in [1.807, 2.05) is 13.0 Å². The van der Waals surface area contributed by atoms with E-state index in [0.717, 1.165) is 4.90 Å². The van der Waals surface area contributed by atoms with Crippen LogP contribution in [0.2, 0.25) is 0 Å². The van der Waals surface area contributed by atoms with Gasteiger partial charge in [0.2, 0.25) is 5.91 Å². The summed E-state index contributed by atoms with van der Waals surface area (Å²) in [7, 11) is 0. The number of Topliss-reactive ketones (excluding diaryl/α,β-unsaturated/α-hetero) is 1. The SMILES string of the molecule is CC[C@@]1(c2ccccc2)NC(=O)N(CC(=O)Nc2ccc(C(C)=O)cc2)C1=O. The highest BCUT2D eigenvalue weighted by molar-refractivity contribution is 6.10. The molecule has 2 aromatic carbocycles. The lowest BCUT2D eigenvalue weighted by Gasteiger charge is -2.25. The van der Waals surface area contributed by atoms with Crippen LogP contribution < -0.4 is 10.6 Å². The Morgan fingerprint density at radius 2 is 1.68 bits per heavy atom. The standard InChI is InChI=1S/C21H21N3O4/c1-3-21(16-7-5-4-6-8-16)19(27)24(20(28)23-21)13-18(26)22-17-11-9-15(10-12-17)14(2)25/h4-12H,3,13H2,1-2H3,(H,22,26)(H,23,28)/t21-/m0/s1. The first-order valence-electron chi connectivity index (χ1n) is 8.98. The topological polar surface area (TPSA) is 95.6 Å². The molecule has 1 heterocycles. The van der Waals surface area contributed by atoms with Gasteiger partial charge in [0.05, 0.1) is 0 Å². The van der Waals surface area contributed by atoms with Gasteiger partial charge in [-0.1, -0.05) is 37.3 Å². The fourth-order valence-corrected chi connectivity index (χ4v) is 3.26. The van der Waals surface area contributed by atoms with Crippen LogP contribution in [0.25, 0.3) is 0 Å². The highest BCUT2D eigenvalue weighted by atomic mass is 16.2. The predicted molar refractivity (Wildman–Crippen MR) is 104 cm³/mol. The monoisotopic (exact) mass is 379 g/mol. The van der Waals surface area contributed by atoms with Crippen molar-refractivity contribution in [3.8, 4) is 0 Å². The number of nitrogens with one attached hydrogen (secondary N) is 2. The van der Waals surface area contributed by atoms with Crippen LogP contribution in [0.4, 0.5) is 10.5 Å². The fraction of sp³-hybridized carbons (Fsp3) is 0.238. The molecular formula is C21H21N3O4. The van der Waals surface area contributed by atoms with Crippen molar-refractivity contribution in [2.45, 2.75) is 25.8 Å². The molecule has 1 saturated heterocycles. The van der Waals surface area contributed by atoms with E-state index >= 15 is 0 Å². The molecule has 7 heteroatoms. The summed E-state index contributed by atoms with van der Waals surface area (Å²) in [6, 6.07) is 14.8. The predicted octanol–water partition coefficient (Wildman–Crippen LogP) is 2.69. The molecule has 1 aliphatic heterocycles. The molecular weight excluding hydrogens is 358 g/mol. The Bertz CT molecular complexity index is 924. The summed E-state index contributed by atoms with van der Waals surface area (Å²) in [6.07, 6.45) is 0.367. The van der Waals surface area contributed by atoms with E-state index in [4.69, 9.17) is 0 Å². The number of hydrogen-bond acceptors (Lipinski definition) is 4. The lowest BCUT2D eigenvalue weighted by atomic mass is 9.87. The summed E-state index contributed by atoms with van der Waals surface area (Å²) in [5.41, 5.74) is 0.523. The van der Waals surface area contributed by atoms with Gasteiger partial charge in [-0.15, -0.1) is 0 Å². The van der Waals surface area contributed by atoms with Gasteiger partial charge in [0.15, 0.2) is 5.78 Å². The van der Waals surface area contributed by atoms with E-state index in [1.165, 1.54) is 6.92 Å². The second-order valence-corrected chi connectivity index (χ2v) is 6.63. The number of hydrogen-bond donors (Lipinski definition) is 2. The summed E-state index contributed by atoms with van der Waals surface area (Å²) >= 11 is 0. The number of carbonyl (C=O) groups excluding carboxylic acids is 4. The van der Waals surface area contributed by atoms with Gasteiger partial charge in [-0.25, -0.2) is 4.79 Å². The quantitative estimate of drug-likeness (QED) is 0.596. The van der Waals surface area contributed by atoms with E-state index < -0.39 is 29.9 Å². The molecule has 0 bridgehead atoms. The van der Waals surface area contributed by atoms with Gasteiger partial charge in [-0.05, 0) is 43.2 Å². The second-order valence-electron chi connectivity index (χ2n) is 6.63. The maximum atomic E-state index is 13.0. The fourth-order valence-electron chi connectivity index (χ4n) is 3.26. The maximum absolute atomic E-state index is 13.0. The third kappa shape index (κ3) is 3.51. The molecule has 0 saturated carbocycles. The lowest BCUT2D eigenvalue weighted by Crippen LogP contribution is -2.44. The number of benzene rings is 2. The summed E-state index contributed by atoms with van der Waals surface area (Å²) in [4.78, 5) is 50.0. The van der Waals surface area contributed by atoms with Crippen molar-refractivity contribution in [1.29, 1.82) is 0 Å². The van der Waals surface area contributed by atoms with E-state index in [0.29, 0.717) is 23.2 Å². The average Bonchev–Trinajstić information content (AvgIpc) is 2.94. The number of amides is 4. The van der Waals surface area contributed by atoms with Gasteiger partial charge < -0.3 is 10.6 Å². The van der Waals surface area contributed by atoms with Crippen molar-refractivity contribution in [1.82, 2.24) is 10.2 Å². The van der Waals surface area contributed by atoms with Crippen molar-refractivity contribution in [2.75, 3.05) is 11.9 Å². The number of ketones is 1. The average molecular weight is 379 g/mol. The van der Waals surface area contributed by atoms with Crippen LogP contribution in [-0.4, -0.2) is 35.1 Å². The van der Waals surface area contributed by atoms with Crippen LogP contribution in [0, 0.1) is 0 Å². The van der Waals surface area contributed by atoms with Gasteiger partial charge in [0.25, 0.3) is 5.91 Å². The Hall–Kier alpha value is -3.48. The third-order valence-corrected chi connectivity index (χ3v) is 4.85. The zero-order valence-corrected chi connectivity index (χ0v) is 15.7. The minimum Gasteiger partial charge on any atom is -0.325 e. The molecule has 1 fully saturated rings. The molecule has 3 rings (SSSR count). The normalized spacial score (nSPS) is 18.7. The smallest absolute Gasteiger partial charge is 0.325 e. The molecule has 2 N–H and O–H groups in total. The first kappa shape index (κ1) is 19.3. The first-order chi connectivity index (χ1) is 13.4. The Balaban J connectivity index is 1.73. The van der Waals surface area contributed by atoms with Gasteiger partial charge in [0, 0.05) is 11.3 Å². The van der Waals surface area contributed by atoms with Crippen LogP contribution in [0.15, 0.2) is 54.6 Å². The second kappa shape index (κ2) is 7.64. The van der Waals surface area contributed by atoms with Crippen LogP contribution in [-0.2, 0) is 15.1 Å². The van der Waals surface area contributed by atoms with Crippen molar-refractivity contribution in [3.05, 3.63) is 65.7 Å². The van der Waals surface area contributed by atoms with Crippen LogP contribution in [0.3, 0.4) is 0 Å². The van der Waals surface area contributed by atoms with E-state index in [-0.39, 0.29) is 5.78 Å². The summed E-state index contributed by atoms with van der Waals surface area (Å²) in [5, 5.41) is 5.38. The molecule has 0 unspecified atom stereocenters. The molecule has 0 aromatic heterocycles. The van der Waals surface area contributed by atoms with Gasteiger partial charge in [-0.2, -0.15) is 0 Å². The zero-order valence-electron chi connectivity index (χ0n) is 15.7. The summed E-state index contributed by atoms with van der Waals surface area (Å²) in [5.74, 6) is -1.03. The lowest BCUT2D eigenvalue weighted by molar-refractivity contribution is -0.134. The van der Waals surface area contributed by atoms with Gasteiger partial charge >= 0.3 is 6.03 Å². The molecule has 28 heavy (non-hydrogen) atoms. The molecule has 4 amide bonds. The molecule has 0 aliphatic carbocycles. The van der Waals surface area contributed by atoms with E-state index in [1.54, 1.807) is 48.5 Å². The molecule has 1 aliphatic rings. The number of urea groups is 1. The number of rotatable bonds is 6. The first-order valence-corrected chi connectivity index (χ1v) is 8.98. The minimum absolute atomic E-state index is 0.0750. The number of nitrogens with zero attached hydrogens (tertiary/aromatic N) is 1. The Morgan fingerprint density at radius 3 is 2.25 bits per heavy atom. The summed E-state index contributed by atoms with van der Waals surface area (Å²) in [6.45, 7) is 2.87. The number of carbonyl (C=O) groups is 4. The van der Waals surface area contributed by atoms with E-state index in [9.17, 15) is 19.2 Å². The van der Waals surface area contributed by atoms with Gasteiger partial charge in [-0.3, -0.25) is 19.3 Å².